The van der Waals surface area contributed by atoms with Crippen molar-refractivity contribution in [1.82, 2.24) is 5.32 Å². The molecule has 6 unspecified atom stereocenters. The van der Waals surface area contributed by atoms with Gasteiger partial charge in [0.25, 0.3) is 0 Å². The van der Waals surface area contributed by atoms with Crippen LogP contribution < -0.4 is 11.1 Å². The van der Waals surface area contributed by atoms with Crippen LogP contribution in [0.3, 0.4) is 0 Å². The molecular weight excluding hydrogens is 512 g/mol. The molecule has 9 heteroatoms. The lowest BCUT2D eigenvalue weighted by atomic mass is 9.66. The van der Waals surface area contributed by atoms with Gasteiger partial charge in [0.1, 0.15) is 12.2 Å². The van der Waals surface area contributed by atoms with Gasteiger partial charge in [-0.25, -0.2) is 0 Å². The van der Waals surface area contributed by atoms with Crippen LogP contribution in [0.2, 0.25) is 0 Å². The molecule has 1 heterocycles. The maximum Gasteiger partial charge on any atom is 0.302 e. The van der Waals surface area contributed by atoms with Crippen LogP contribution >= 0.6 is 0 Å². The molecule has 0 radical (unpaired) electrons. The van der Waals surface area contributed by atoms with Gasteiger partial charge in [-0.1, -0.05) is 26.2 Å². The number of hydrogen-bond donors (Lipinski definition) is 4. The molecule has 2 aliphatic carbocycles. The van der Waals surface area contributed by atoms with Gasteiger partial charge in [0.2, 0.25) is 0 Å². The van der Waals surface area contributed by atoms with E-state index in [0.29, 0.717) is 43.4 Å². The molecule has 1 saturated heterocycles. The summed E-state index contributed by atoms with van der Waals surface area (Å²) >= 11 is 0. The average molecular weight is 569 g/mol. The SMILES string of the molecule is CC[C@H](CO)CC[C@@H](C[C@@H](CCC1CC(OC2CCCC2)C(O)CC1C1CCNC(N)C1)OC(C)=O)OC(C)=O. The molecule has 9 nitrogen and oxygen atoms in total. The third kappa shape index (κ3) is 10.9. The van der Waals surface area contributed by atoms with E-state index in [4.69, 9.17) is 19.9 Å². The number of nitrogens with two attached hydrogens (primary N) is 1. The van der Waals surface area contributed by atoms with E-state index < -0.39 is 6.10 Å². The van der Waals surface area contributed by atoms with E-state index in [-0.39, 0.29) is 55.0 Å². The Bertz CT molecular complexity index is 758. The number of piperidine rings is 1. The smallest absolute Gasteiger partial charge is 0.302 e. The van der Waals surface area contributed by atoms with E-state index in [1.54, 1.807) is 0 Å². The van der Waals surface area contributed by atoms with Crippen molar-refractivity contribution in [2.45, 2.75) is 147 Å². The van der Waals surface area contributed by atoms with Crippen molar-refractivity contribution in [2.24, 2.45) is 29.4 Å². The number of esters is 2. The van der Waals surface area contributed by atoms with Gasteiger partial charge in [0, 0.05) is 26.9 Å². The van der Waals surface area contributed by atoms with Crippen molar-refractivity contribution in [3.8, 4) is 0 Å². The van der Waals surface area contributed by atoms with E-state index in [1.807, 2.05) is 6.92 Å². The highest BCUT2D eigenvalue weighted by atomic mass is 16.6. The summed E-state index contributed by atoms with van der Waals surface area (Å²) in [4.78, 5) is 23.9. The molecule has 9 atom stereocenters. The van der Waals surface area contributed by atoms with Crippen molar-refractivity contribution in [2.75, 3.05) is 13.2 Å². The standard InChI is InChI=1S/C31H56N2O7/c1-4-22(19-34)9-11-26(38-20(2)35)17-27(39-21(3)36)12-10-23-15-30(40-25-7-5-6-8-25)29(37)18-28(23)24-13-14-33-31(32)16-24/h22-31,33-34,37H,4-19,32H2,1-3H3/t22-,23?,24?,26-,27+,28?,29?,30?,31?/m0/s1. The minimum Gasteiger partial charge on any atom is -0.462 e. The second-order valence-corrected chi connectivity index (χ2v) is 12.7. The van der Waals surface area contributed by atoms with Gasteiger partial charge >= 0.3 is 11.9 Å². The Kier molecular flexibility index (Phi) is 14.1. The topological polar surface area (TPSA) is 140 Å². The Hall–Kier alpha value is -1.26. The molecule has 3 aliphatic rings. The van der Waals surface area contributed by atoms with E-state index in [1.165, 1.54) is 26.7 Å². The molecule has 1 aliphatic heterocycles. The minimum absolute atomic E-state index is 0.0202. The van der Waals surface area contributed by atoms with E-state index >= 15 is 0 Å². The van der Waals surface area contributed by atoms with Crippen LogP contribution in [0.1, 0.15) is 111 Å². The zero-order valence-electron chi connectivity index (χ0n) is 25.1. The predicted molar refractivity (Wildman–Crippen MR) is 153 cm³/mol. The molecule has 2 saturated carbocycles. The van der Waals surface area contributed by atoms with E-state index in [2.05, 4.69) is 5.32 Å². The molecule has 0 bridgehead atoms. The second-order valence-electron chi connectivity index (χ2n) is 12.7. The molecule has 3 fully saturated rings. The van der Waals surface area contributed by atoms with Crippen LogP contribution in [0.5, 0.6) is 0 Å². The van der Waals surface area contributed by atoms with Gasteiger partial charge < -0.3 is 35.5 Å². The van der Waals surface area contributed by atoms with Crippen molar-refractivity contribution in [1.29, 1.82) is 0 Å². The van der Waals surface area contributed by atoms with Gasteiger partial charge in [-0.3, -0.25) is 9.59 Å². The second kappa shape index (κ2) is 17.0. The normalized spacial score (nSPS) is 31.9. The molecule has 0 spiro atoms. The first-order valence-corrected chi connectivity index (χ1v) is 16.0. The number of aliphatic hydroxyl groups excluding tert-OH is 2. The van der Waals surface area contributed by atoms with Crippen molar-refractivity contribution < 1.29 is 34.0 Å². The molecule has 0 amide bonds. The summed E-state index contributed by atoms with van der Waals surface area (Å²) in [5, 5.41) is 24.1. The lowest BCUT2D eigenvalue weighted by Gasteiger charge is -2.45. The molecule has 0 aromatic heterocycles. The maximum absolute atomic E-state index is 12.1. The Balaban J connectivity index is 1.69. The Morgan fingerprint density at radius 1 is 0.975 bits per heavy atom. The highest BCUT2D eigenvalue weighted by Gasteiger charge is 2.42. The average Bonchev–Trinajstić information content (AvgIpc) is 3.41. The first-order valence-electron chi connectivity index (χ1n) is 16.0. The quantitative estimate of drug-likeness (QED) is 0.217. The number of aliphatic hydroxyl groups is 2. The number of rotatable bonds is 15. The van der Waals surface area contributed by atoms with Crippen LogP contribution in [0.15, 0.2) is 0 Å². The number of nitrogens with one attached hydrogen (secondary N) is 1. The summed E-state index contributed by atoms with van der Waals surface area (Å²) in [6.07, 6.45) is 11.0. The largest absolute Gasteiger partial charge is 0.462 e. The maximum atomic E-state index is 12.1. The number of carbonyl (C=O) groups is 2. The first-order chi connectivity index (χ1) is 19.2. The van der Waals surface area contributed by atoms with Crippen LogP contribution in [0.4, 0.5) is 0 Å². The van der Waals surface area contributed by atoms with Crippen LogP contribution in [0.25, 0.3) is 0 Å². The Morgan fingerprint density at radius 3 is 2.25 bits per heavy atom. The summed E-state index contributed by atoms with van der Waals surface area (Å²) < 4.78 is 17.9. The molecule has 3 rings (SSSR count). The monoisotopic (exact) mass is 568 g/mol. The number of carbonyl (C=O) groups excluding carboxylic acids is 2. The fourth-order valence-corrected chi connectivity index (χ4v) is 7.41. The predicted octanol–water partition coefficient (Wildman–Crippen LogP) is 3.82. The van der Waals surface area contributed by atoms with Crippen LogP contribution in [-0.4, -0.2) is 72.0 Å². The molecule has 0 aromatic rings. The van der Waals surface area contributed by atoms with Gasteiger partial charge in [-0.15, -0.1) is 0 Å². The summed E-state index contributed by atoms with van der Waals surface area (Å²) in [5.74, 6) is 0.578. The third-order valence-electron chi connectivity index (χ3n) is 9.62. The van der Waals surface area contributed by atoms with Gasteiger partial charge in [0.05, 0.1) is 24.5 Å². The van der Waals surface area contributed by atoms with Gasteiger partial charge in [0.15, 0.2) is 0 Å². The fourth-order valence-electron chi connectivity index (χ4n) is 7.41. The summed E-state index contributed by atoms with van der Waals surface area (Å²) in [7, 11) is 0. The number of ether oxygens (including phenoxy) is 3. The summed E-state index contributed by atoms with van der Waals surface area (Å²) in [6, 6.07) is 0. The molecule has 232 valence electrons. The van der Waals surface area contributed by atoms with Crippen molar-refractivity contribution in [3.63, 3.8) is 0 Å². The van der Waals surface area contributed by atoms with E-state index in [0.717, 1.165) is 57.9 Å². The Morgan fingerprint density at radius 2 is 1.65 bits per heavy atom. The lowest BCUT2D eigenvalue weighted by molar-refractivity contribution is -0.154. The summed E-state index contributed by atoms with van der Waals surface area (Å²) in [6.45, 7) is 5.87. The minimum atomic E-state index is -0.469. The highest BCUT2D eigenvalue weighted by Crippen LogP contribution is 2.43. The molecule has 40 heavy (non-hydrogen) atoms. The lowest BCUT2D eigenvalue weighted by Crippen LogP contribution is -2.50. The van der Waals surface area contributed by atoms with Crippen molar-refractivity contribution in [3.05, 3.63) is 0 Å². The molecule has 0 aromatic carbocycles. The van der Waals surface area contributed by atoms with Gasteiger partial charge in [-0.05, 0) is 94.4 Å². The van der Waals surface area contributed by atoms with Crippen LogP contribution in [-0.2, 0) is 23.8 Å². The first kappa shape index (κ1) is 33.2. The zero-order valence-corrected chi connectivity index (χ0v) is 25.1. The number of hydrogen-bond acceptors (Lipinski definition) is 9. The van der Waals surface area contributed by atoms with Crippen molar-refractivity contribution >= 4 is 11.9 Å². The zero-order chi connectivity index (χ0) is 29.1. The third-order valence-corrected chi connectivity index (χ3v) is 9.62. The van der Waals surface area contributed by atoms with E-state index in [9.17, 15) is 19.8 Å². The van der Waals surface area contributed by atoms with Crippen LogP contribution in [0, 0.1) is 23.7 Å². The Labute approximate surface area is 241 Å². The molecular formula is C31H56N2O7. The molecule has 5 N–H and O–H groups in total. The highest BCUT2D eigenvalue weighted by molar-refractivity contribution is 5.66. The fraction of sp³-hybridized carbons (Fsp3) is 0.935. The van der Waals surface area contributed by atoms with Gasteiger partial charge in [-0.2, -0.15) is 0 Å². The summed E-state index contributed by atoms with van der Waals surface area (Å²) in [5.41, 5.74) is 6.28.